The average molecular weight is 368 g/mol. The molecule has 1 saturated carbocycles. The summed E-state index contributed by atoms with van der Waals surface area (Å²) in [5.74, 6) is 0.616. The SMILES string of the molecule is Cc1ccc(C(C)NC(=O)C2CC3CCCCC3N2)cc1[N+](=O)[O-].Cl. The first kappa shape index (κ1) is 19.7. The summed E-state index contributed by atoms with van der Waals surface area (Å²) in [4.78, 5) is 23.3. The number of amides is 1. The number of carbonyl (C=O) groups is 1. The number of hydrogen-bond donors (Lipinski definition) is 2. The van der Waals surface area contributed by atoms with Gasteiger partial charge in [0.25, 0.3) is 5.69 Å². The van der Waals surface area contributed by atoms with E-state index < -0.39 is 0 Å². The third kappa shape index (κ3) is 4.30. The van der Waals surface area contributed by atoms with Crippen LogP contribution in [0.1, 0.15) is 56.2 Å². The Kier molecular flexibility index (Phi) is 6.41. The van der Waals surface area contributed by atoms with E-state index in [0.717, 1.165) is 18.4 Å². The summed E-state index contributed by atoms with van der Waals surface area (Å²) in [5, 5.41) is 17.6. The molecule has 1 aliphatic carbocycles. The van der Waals surface area contributed by atoms with E-state index in [9.17, 15) is 14.9 Å². The summed E-state index contributed by atoms with van der Waals surface area (Å²) in [6, 6.07) is 5.22. The van der Waals surface area contributed by atoms with Gasteiger partial charge in [-0.2, -0.15) is 0 Å². The van der Waals surface area contributed by atoms with Crippen molar-refractivity contribution in [3.05, 3.63) is 39.4 Å². The van der Waals surface area contributed by atoms with Crippen LogP contribution in [0, 0.1) is 23.0 Å². The third-order valence-electron chi connectivity index (χ3n) is 5.47. The molecule has 4 atom stereocenters. The molecule has 1 saturated heterocycles. The van der Waals surface area contributed by atoms with E-state index >= 15 is 0 Å². The molecule has 2 fully saturated rings. The van der Waals surface area contributed by atoms with Crippen molar-refractivity contribution in [3.8, 4) is 0 Å². The van der Waals surface area contributed by atoms with Crippen LogP contribution in [0.2, 0.25) is 0 Å². The lowest BCUT2D eigenvalue weighted by Gasteiger charge is -2.24. The number of rotatable bonds is 4. The zero-order chi connectivity index (χ0) is 17.3. The van der Waals surface area contributed by atoms with Crippen LogP contribution in [0.3, 0.4) is 0 Å². The van der Waals surface area contributed by atoms with Crippen LogP contribution in [-0.4, -0.2) is 22.9 Å². The first-order valence-corrected chi connectivity index (χ1v) is 8.77. The van der Waals surface area contributed by atoms with Crippen LogP contribution in [0.5, 0.6) is 0 Å². The fraction of sp³-hybridized carbons (Fsp3) is 0.611. The van der Waals surface area contributed by atoms with Gasteiger partial charge >= 0.3 is 0 Å². The molecule has 2 N–H and O–H groups in total. The number of nitrogens with zero attached hydrogens (tertiary/aromatic N) is 1. The van der Waals surface area contributed by atoms with Gasteiger partial charge in [-0.1, -0.05) is 25.0 Å². The number of hydrogen-bond acceptors (Lipinski definition) is 4. The number of nitrogens with one attached hydrogen (secondary N) is 2. The van der Waals surface area contributed by atoms with Gasteiger partial charge in [0, 0.05) is 17.7 Å². The molecule has 4 unspecified atom stereocenters. The van der Waals surface area contributed by atoms with Crippen LogP contribution in [0.4, 0.5) is 5.69 Å². The largest absolute Gasteiger partial charge is 0.348 e. The molecule has 6 nitrogen and oxygen atoms in total. The molecule has 1 aliphatic heterocycles. The predicted molar refractivity (Wildman–Crippen MR) is 98.9 cm³/mol. The van der Waals surface area contributed by atoms with Crippen LogP contribution < -0.4 is 10.6 Å². The number of nitro groups is 1. The van der Waals surface area contributed by atoms with Gasteiger partial charge in [0.2, 0.25) is 5.91 Å². The van der Waals surface area contributed by atoms with Gasteiger partial charge in [-0.25, -0.2) is 0 Å². The topological polar surface area (TPSA) is 84.3 Å². The van der Waals surface area contributed by atoms with Crippen molar-refractivity contribution in [1.82, 2.24) is 10.6 Å². The van der Waals surface area contributed by atoms with Crippen LogP contribution >= 0.6 is 12.4 Å². The van der Waals surface area contributed by atoms with Crippen molar-refractivity contribution in [2.75, 3.05) is 0 Å². The minimum atomic E-state index is -0.378. The quantitative estimate of drug-likeness (QED) is 0.630. The number of fused-ring (bicyclic) bond motifs is 1. The number of benzene rings is 1. The van der Waals surface area contributed by atoms with Crippen molar-refractivity contribution in [3.63, 3.8) is 0 Å². The zero-order valence-corrected chi connectivity index (χ0v) is 15.5. The van der Waals surface area contributed by atoms with Crippen LogP contribution in [0.15, 0.2) is 18.2 Å². The molecule has 138 valence electrons. The molecule has 1 heterocycles. The highest BCUT2D eigenvalue weighted by atomic mass is 35.5. The summed E-state index contributed by atoms with van der Waals surface area (Å²) in [6.45, 7) is 3.59. The van der Waals surface area contributed by atoms with Crippen molar-refractivity contribution in [2.45, 2.75) is 64.1 Å². The molecule has 0 spiro atoms. The smallest absolute Gasteiger partial charge is 0.272 e. The minimum absolute atomic E-state index is 0. The molecule has 1 aromatic rings. The Labute approximate surface area is 154 Å². The standard InChI is InChI=1S/C18H25N3O3.ClH/c1-11-7-8-13(10-17(11)21(23)24)12(2)19-18(22)16-9-14-5-3-4-6-15(14)20-16;/h7-8,10,12,14-16,20H,3-6,9H2,1-2H3,(H,19,22);1H. The minimum Gasteiger partial charge on any atom is -0.348 e. The van der Waals surface area contributed by atoms with E-state index in [-0.39, 0.29) is 41.0 Å². The fourth-order valence-corrected chi connectivity index (χ4v) is 4.01. The van der Waals surface area contributed by atoms with Gasteiger partial charge in [0.1, 0.15) is 0 Å². The summed E-state index contributed by atoms with van der Waals surface area (Å²) >= 11 is 0. The highest BCUT2D eigenvalue weighted by molar-refractivity contribution is 5.85. The second-order valence-corrected chi connectivity index (χ2v) is 7.14. The van der Waals surface area contributed by atoms with E-state index in [0.29, 0.717) is 17.5 Å². The number of nitro benzene ring substituents is 1. The van der Waals surface area contributed by atoms with E-state index in [2.05, 4.69) is 10.6 Å². The maximum atomic E-state index is 12.6. The number of halogens is 1. The molecule has 7 heteroatoms. The first-order chi connectivity index (χ1) is 11.5. The summed E-state index contributed by atoms with van der Waals surface area (Å²) in [5.41, 5.74) is 1.48. The van der Waals surface area contributed by atoms with Gasteiger partial charge in [-0.05, 0) is 44.6 Å². The highest BCUT2D eigenvalue weighted by Gasteiger charge is 2.38. The lowest BCUT2D eigenvalue weighted by atomic mass is 9.85. The van der Waals surface area contributed by atoms with Gasteiger partial charge in [-0.3, -0.25) is 14.9 Å². The predicted octanol–water partition coefficient (Wildman–Crippen LogP) is 3.42. The van der Waals surface area contributed by atoms with Crippen LogP contribution in [-0.2, 0) is 4.79 Å². The van der Waals surface area contributed by atoms with Gasteiger partial charge in [-0.15, -0.1) is 12.4 Å². The molecule has 25 heavy (non-hydrogen) atoms. The van der Waals surface area contributed by atoms with Gasteiger partial charge in [0.05, 0.1) is 17.0 Å². The third-order valence-corrected chi connectivity index (χ3v) is 5.47. The molecule has 1 aromatic carbocycles. The molecule has 2 aliphatic rings. The molecule has 3 rings (SSSR count). The summed E-state index contributed by atoms with van der Waals surface area (Å²) < 4.78 is 0. The molecule has 0 bridgehead atoms. The Morgan fingerprint density at radius 1 is 1.36 bits per heavy atom. The molecule has 1 amide bonds. The Hall–Kier alpha value is -1.66. The fourth-order valence-electron chi connectivity index (χ4n) is 4.01. The molecular formula is C18H26ClN3O3. The summed E-state index contributed by atoms with van der Waals surface area (Å²) in [7, 11) is 0. The molecule has 0 radical (unpaired) electrons. The lowest BCUT2D eigenvalue weighted by molar-refractivity contribution is -0.385. The maximum Gasteiger partial charge on any atom is 0.272 e. The Morgan fingerprint density at radius 3 is 2.76 bits per heavy atom. The second kappa shape index (κ2) is 8.15. The molecule has 0 aromatic heterocycles. The molecular weight excluding hydrogens is 342 g/mol. The van der Waals surface area contributed by atoms with Crippen molar-refractivity contribution < 1.29 is 9.72 Å². The Morgan fingerprint density at radius 2 is 2.08 bits per heavy atom. The lowest BCUT2D eigenvalue weighted by Crippen LogP contribution is -2.43. The second-order valence-electron chi connectivity index (χ2n) is 7.14. The van der Waals surface area contributed by atoms with Crippen LogP contribution in [0.25, 0.3) is 0 Å². The van der Waals surface area contributed by atoms with Gasteiger partial charge < -0.3 is 10.6 Å². The van der Waals surface area contributed by atoms with E-state index in [1.165, 1.54) is 19.3 Å². The number of aryl methyl sites for hydroxylation is 1. The van der Waals surface area contributed by atoms with E-state index in [1.807, 2.05) is 13.0 Å². The highest BCUT2D eigenvalue weighted by Crippen LogP contribution is 2.33. The van der Waals surface area contributed by atoms with E-state index in [1.54, 1.807) is 19.1 Å². The first-order valence-electron chi connectivity index (χ1n) is 8.77. The zero-order valence-electron chi connectivity index (χ0n) is 14.7. The number of carbonyl (C=O) groups excluding carboxylic acids is 1. The maximum absolute atomic E-state index is 12.6. The monoisotopic (exact) mass is 367 g/mol. The van der Waals surface area contributed by atoms with Crippen molar-refractivity contribution in [2.24, 2.45) is 5.92 Å². The summed E-state index contributed by atoms with van der Waals surface area (Å²) in [6.07, 6.45) is 5.78. The van der Waals surface area contributed by atoms with Crippen molar-refractivity contribution >= 4 is 24.0 Å². The van der Waals surface area contributed by atoms with Crippen molar-refractivity contribution in [1.29, 1.82) is 0 Å². The Balaban J connectivity index is 0.00000225. The van der Waals surface area contributed by atoms with Gasteiger partial charge in [0.15, 0.2) is 0 Å². The Bertz CT molecular complexity index is 638. The van der Waals surface area contributed by atoms with E-state index in [4.69, 9.17) is 0 Å². The average Bonchev–Trinajstić information content (AvgIpc) is 2.99. The normalized spacial score (nSPS) is 26.2.